The molecule has 0 bridgehead atoms. The van der Waals surface area contributed by atoms with Crippen LogP contribution < -0.4 is 24.4 Å². The topological polar surface area (TPSA) is 77.1 Å². The van der Waals surface area contributed by atoms with Crippen LogP contribution in [0.4, 0.5) is 5.69 Å². The maximum Gasteiger partial charge on any atom is 0.251 e. The second-order valence-electron chi connectivity index (χ2n) is 9.25. The first-order valence-electron chi connectivity index (χ1n) is 11.5. The number of fused-ring (bicyclic) bond motifs is 5. The van der Waals surface area contributed by atoms with Gasteiger partial charge in [-0.2, -0.15) is 0 Å². The zero-order valence-electron chi connectivity index (χ0n) is 18.4. The van der Waals surface area contributed by atoms with Crippen LogP contribution in [-0.4, -0.2) is 31.3 Å². The highest BCUT2D eigenvalue weighted by Gasteiger charge is 2.57. The maximum absolute atomic E-state index is 14.1. The molecule has 0 radical (unpaired) electrons. The van der Waals surface area contributed by atoms with Crippen LogP contribution in [0.2, 0.25) is 0 Å². The Morgan fingerprint density at radius 1 is 0.941 bits per heavy atom. The molecule has 0 saturated heterocycles. The monoisotopic (exact) mass is 454 g/mol. The van der Waals surface area contributed by atoms with Crippen molar-refractivity contribution >= 4 is 17.5 Å². The fraction of sp³-hybridized carbons (Fsp3) is 0.259. The minimum atomic E-state index is -0.920. The summed E-state index contributed by atoms with van der Waals surface area (Å²) in [6, 6.07) is 19.4. The Morgan fingerprint density at radius 2 is 1.71 bits per heavy atom. The summed E-state index contributed by atoms with van der Waals surface area (Å²) in [6.07, 6.45) is 2.10. The van der Waals surface area contributed by atoms with E-state index in [1.165, 1.54) is 0 Å². The number of hydrogen-bond donors (Lipinski definition) is 1. The van der Waals surface area contributed by atoms with Crippen LogP contribution in [0.15, 0.2) is 60.7 Å². The number of rotatable bonds is 4. The summed E-state index contributed by atoms with van der Waals surface area (Å²) >= 11 is 0. The standard InChI is InChI=1S/C27H22N2O5/c30-25(28-18-9-10-18)17-7-5-16(6-8-17)13-29-21-4-2-1-3-19(21)27(26(29)31)14-32-22-12-24-23(11-20(22)27)33-15-34-24/h1-8,11-12,18H,9-10,13-15H2,(H,28,30). The summed E-state index contributed by atoms with van der Waals surface area (Å²) in [5, 5.41) is 3.01. The molecule has 170 valence electrons. The van der Waals surface area contributed by atoms with Gasteiger partial charge in [-0.3, -0.25) is 9.59 Å². The SMILES string of the molecule is O=C(NC1CC1)c1ccc(CN2C(=O)C3(COc4cc5c(cc43)OCO5)c3ccccc32)cc1. The normalized spacial score (nSPS) is 21.4. The van der Waals surface area contributed by atoms with Crippen LogP contribution in [0.25, 0.3) is 0 Å². The molecule has 1 atom stereocenters. The van der Waals surface area contributed by atoms with Gasteiger partial charge < -0.3 is 24.4 Å². The average molecular weight is 454 g/mol. The molecule has 1 aliphatic carbocycles. The Morgan fingerprint density at radius 3 is 2.50 bits per heavy atom. The predicted molar refractivity (Wildman–Crippen MR) is 123 cm³/mol. The van der Waals surface area contributed by atoms with Crippen molar-refractivity contribution in [1.82, 2.24) is 5.32 Å². The quantitative estimate of drug-likeness (QED) is 0.653. The van der Waals surface area contributed by atoms with E-state index >= 15 is 0 Å². The third-order valence-corrected chi connectivity index (χ3v) is 7.11. The Hall–Kier alpha value is -4.00. The van der Waals surface area contributed by atoms with Crippen molar-refractivity contribution in [2.75, 3.05) is 18.3 Å². The zero-order valence-corrected chi connectivity index (χ0v) is 18.4. The Bertz CT molecular complexity index is 1350. The predicted octanol–water partition coefficient (Wildman–Crippen LogP) is 3.53. The van der Waals surface area contributed by atoms with E-state index in [0.29, 0.717) is 35.4 Å². The highest BCUT2D eigenvalue weighted by atomic mass is 16.7. The molecule has 3 aromatic rings. The van der Waals surface area contributed by atoms with Gasteiger partial charge in [-0.25, -0.2) is 0 Å². The number of nitrogens with zero attached hydrogens (tertiary/aromatic N) is 1. The smallest absolute Gasteiger partial charge is 0.251 e. The number of ether oxygens (including phenoxy) is 3. The molecule has 3 aliphatic heterocycles. The van der Waals surface area contributed by atoms with Gasteiger partial charge in [-0.15, -0.1) is 0 Å². The van der Waals surface area contributed by atoms with Gasteiger partial charge in [0.05, 0.1) is 6.54 Å². The summed E-state index contributed by atoms with van der Waals surface area (Å²) in [7, 11) is 0. The first kappa shape index (κ1) is 19.5. The fourth-order valence-electron chi connectivity index (χ4n) is 5.16. The lowest BCUT2D eigenvalue weighted by Gasteiger charge is -2.23. The molecule has 2 amide bonds. The van der Waals surface area contributed by atoms with Crippen molar-refractivity contribution in [3.8, 4) is 17.2 Å². The van der Waals surface area contributed by atoms with E-state index in [1.54, 1.807) is 0 Å². The van der Waals surface area contributed by atoms with Gasteiger partial charge in [0.25, 0.3) is 5.91 Å². The summed E-state index contributed by atoms with van der Waals surface area (Å²) in [5.41, 5.74) is 3.28. The van der Waals surface area contributed by atoms with Gasteiger partial charge >= 0.3 is 0 Å². The number of carbonyl (C=O) groups is 2. The van der Waals surface area contributed by atoms with Gasteiger partial charge in [-0.05, 0) is 48.2 Å². The van der Waals surface area contributed by atoms with E-state index in [4.69, 9.17) is 14.2 Å². The third kappa shape index (κ3) is 2.76. The molecule has 7 rings (SSSR count). The summed E-state index contributed by atoms with van der Waals surface area (Å²) < 4.78 is 17.1. The van der Waals surface area contributed by atoms with Gasteiger partial charge in [0, 0.05) is 28.9 Å². The lowest BCUT2D eigenvalue weighted by molar-refractivity contribution is -0.122. The summed E-state index contributed by atoms with van der Waals surface area (Å²) in [5.74, 6) is 1.85. The van der Waals surface area contributed by atoms with E-state index in [-0.39, 0.29) is 25.2 Å². The Kier molecular flexibility index (Phi) is 4.01. The second kappa shape index (κ2) is 7.00. The van der Waals surface area contributed by atoms with E-state index in [0.717, 1.165) is 35.2 Å². The molecular formula is C27H22N2O5. The number of amides is 2. The van der Waals surface area contributed by atoms with Crippen molar-refractivity contribution in [1.29, 1.82) is 0 Å². The summed E-state index contributed by atoms with van der Waals surface area (Å²) in [6.45, 7) is 0.802. The minimum Gasteiger partial charge on any atom is -0.491 e. The molecule has 4 aliphatic rings. The van der Waals surface area contributed by atoms with Gasteiger partial charge in [0.1, 0.15) is 17.8 Å². The molecule has 1 N–H and O–H groups in total. The summed E-state index contributed by atoms with van der Waals surface area (Å²) in [4.78, 5) is 28.2. The van der Waals surface area contributed by atoms with Crippen LogP contribution in [-0.2, 0) is 16.8 Å². The first-order valence-corrected chi connectivity index (χ1v) is 11.5. The van der Waals surface area contributed by atoms with Gasteiger partial charge in [0.2, 0.25) is 12.7 Å². The highest BCUT2D eigenvalue weighted by molar-refractivity contribution is 6.11. The molecule has 1 unspecified atom stereocenters. The Labute approximate surface area is 196 Å². The fourth-order valence-corrected chi connectivity index (χ4v) is 5.16. The van der Waals surface area contributed by atoms with Crippen LogP contribution in [0.1, 0.15) is 39.9 Å². The molecule has 3 aromatic carbocycles. The minimum absolute atomic E-state index is 0.0260. The number of carbonyl (C=O) groups excluding carboxylic acids is 2. The molecular weight excluding hydrogens is 432 g/mol. The second-order valence-corrected chi connectivity index (χ2v) is 9.25. The number of nitrogens with one attached hydrogen (secondary N) is 1. The van der Waals surface area contributed by atoms with E-state index in [1.807, 2.05) is 65.6 Å². The number of benzene rings is 3. The molecule has 1 spiro atoms. The van der Waals surface area contributed by atoms with Crippen molar-refractivity contribution in [3.63, 3.8) is 0 Å². The number of anilines is 1. The molecule has 0 aromatic heterocycles. The average Bonchev–Trinajstić information content (AvgIpc) is 3.34. The first-order chi connectivity index (χ1) is 16.6. The molecule has 7 nitrogen and oxygen atoms in total. The van der Waals surface area contributed by atoms with Gasteiger partial charge in [-0.1, -0.05) is 30.3 Å². The molecule has 7 heteroatoms. The number of para-hydroxylation sites is 1. The lowest BCUT2D eigenvalue weighted by Crippen LogP contribution is -2.42. The number of hydrogen-bond acceptors (Lipinski definition) is 5. The zero-order chi connectivity index (χ0) is 22.9. The third-order valence-electron chi connectivity index (χ3n) is 7.11. The Balaban J connectivity index is 1.23. The van der Waals surface area contributed by atoms with E-state index in [9.17, 15) is 9.59 Å². The van der Waals surface area contributed by atoms with Crippen molar-refractivity contribution < 1.29 is 23.8 Å². The molecule has 34 heavy (non-hydrogen) atoms. The van der Waals surface area contributed by atoms with Crippen LogP contribution in [0.5, 0.6) is 17.2 Å². The largest absolute Gasteiger partial charge is 0.491 e. The maximum atomic E-state index is 14.1. The lowest BCUT2D eigenvalue weighted by atomic mass is 9.77. The van der Waals surface area contributed by atoms with Gasteiger partial charge in [0.15, 0.2) is 11.5 Å². The van der Waals surface area contributed by atoms with E-state index < -0.39 is 5.41 Å². The molecule has 1 fully saturated rings. The van der Waals surface area contributed by atoms with Crippen molar-refractivity contribution in [2.24, 2.45) is 0 Å². The van der Waals surface area contributed by atoms with Crippen LogP contribution >= 0.6 is 0 Å². The van der Waals surface area contributed by atoms with Crippen molar-refractivity contribution in [3.05, 3.63) is 82.9 Å². The molecule has 3 heterocycles. The molecule has 1 saturated carbocycles. The van der Waals surface area contributed by atoms with Crippen molar-refractivity contribution in [2.45, 2.75) is 30.8 Å². The van der Waals surface area contributed by atoms with E-state index in [2.05, 4.69) is 5.32 Å². The highest BCUT2D eigenvalue weighted by Crippen LogP contribution is 2.55. The van der Waals surface area contributed by atoms with Crippen LogP contribution in [0.3, 0.4) is 0 Å². The van der Waals surface area contributed by atoms with Crippen LogP contribution in [0, 0.1) is 0 Å².